The minimum atomic E-state index is 0.709. The molecular weight excluding hydrogens is 344 g/mol. The summed E-state index contributed by atoms with van der Waals surface area (Å²) in [6.07, 6.45) is 3.19. The topological polar surface area (TPSA) is 47.1 Å². The molecule has 0 saturated carbocycles. The molecule has 0 aliphatic carbocycles. The van der Waals surface area contributed by atoms with Gasteiger partial charge in [-0.1, -0.05) is 0 Å². The average Bonchev–Trinajstić information content (AvgIpc) is 3.11. The highest BCUT2D eigenvalue weighted by atomic mass is 32.2. The number of nitrogens with zero attached hydrogens (tertiary/aromatic N) is 4. The molecule has 0 atom stereocenters. The molecule has 26 heavy (non-hydrogen) atoms. The van der Waals surface area contributed by atoms with Gasteiger partial charge in [-0.15, -0.1) is 11.8 Å². The van der Waals surface area contributed by atoms with Crippen LogP contribution in [0.3, 0.4) is 0 Å². The van der Waals surface area contributed by atoms with Crippen molar-refractivity contribution in [3.63, 3.8) is 0 Å². The molecule has 1 aromatic carbocycles. The van der Waals surface area contributed by atoms with Crippen molar-refractivity contribution in [2.45, 2.75) is 44.8 Å². The van der Waals surface area contributed by atoms with Crippen molar-refractivity contribution in [2.75, 3.05) is 12.8 Å². The number of fused-ring (bicyclic) bond motifs is 1. The number of oxazole rings is 1. The average molecular weight is 369 g/mol. The second-order valence-corrected chi connectivity index (χ2v) is 7.69. The Labute approximate surface area is 158 Å². The van der Waals surface area contributed by atoms with E-state index in [2.05, 4.69) is 58.2 Å². The number of hydrogen-bond donors (Lipinski definition) is 0. The third kappa shape index (κ3) is 3.57. The van der Waals surface area contributed by atoms with E-state index in [-0.39, 0.29) is 0 Å². The number of hydrogen-bond acceptors (Lipinski definition) is 5. The minimum absolute atomic E-state index is 0.709. The summed E-state index contributed by atoms with van der Waals surface area (Å²) >= 11 is 1.74. The van der Waals surface area contributed by atoms with Gasteiger partial charge >= 0.3 is 0 Å². The number of benzene rings is 1. The van der Waals surface area contributed by atoms with Crippen molar-refractivity contribution in [3.8, 4) is 11.5 Å². The molecule has 1 aliphatic rings. The number of aromatic nitrogens is 3. The van der Waals surface area contributed by atoms with Gasteiger partial charge in [0.25, 0.3) is 0 Å². The molecule has 0 bridgehead atoms. The first-order valence-corrected chi connectivity index (χ1v) is 10.2. The predicted octanol–water partition coefficient (Wildman–Crippen LogP) is 4.28. The van der Waals surface area contributed by atoms with Gasteiger partial charge < -0.3 is 4.42 Å². The van der Waals surface area contributed by atoms with Crippen molar-refractivity contribution in [1.29, 1.82) is 0 Å². The lowest BCUT2D eigenvalue weighted by molar-refractivity contribution is 0.257. The van der Waals surface area contributed by atoms with Crippen LogP contribution in [0, 0.1) is 13.8 Å². The van der Waals surface area contributed by atoms with Gasteiger partial charge in [0.05, 0.1) is 17.1 Å². The third-order valence-electron chi connectivity index (χ3n) is 4.82. The Morgan fingerprint density at radius 1 is 1.15 bits per heavy atom. The van der Waals surface area contributed by atoms with Crippen molar-refractivity contribution in [3.05, 3.63) is 53.2 Å². The lowest BCUT2D eigenvalue weighted by Crippen LogP contribution is -2.23. The molecule has 3 aromatic rings. The molecule has 0 unspecified atom stereocenters. The third-order valence-corrected chi connectivity index (χ3v) is 5.56. The van der Waals surface area contributed by atoms with Gasteiger partial charge in [-0.3, -0.25) is 9.58 Å². The van der Waals surface area contributed by atoms with Crippen molar-refractivity contribution >= 4 is 11.8 Å². The highest BCUT2D eigenvalue weighted by Crippen LogP contribution is 2.25. The summed E-state index contributed by atoms with van der Waals surface area (Å²) < 4.78 is 8.10. The fourth-order valence-electron chi connectivity index (χ4n) is 3.45. The van der Waals surface area contributed by atoms with Crippen molar-refractivity contribution in [1.82, 2.24) is 19.7 Å². The first-order chi connectivity index (χ1) is 12.6. The van der Waals surface area contributed by atoms with Gasteiger partial charge in [-0.05, 0) is 56.9 Å². The maximum absolute atomic E-state index is 5.96. The van der Waals surface area contributed by atoms with Crippen molar-refractivity contribution < 1.29 is 4.42 Å². The molecule has 0 N–H and O–H groups in total. The predicted molar refractivity (Wildman–Crippen MR) is 104 cm³/mol. The van der Waals surface area contributed by atoms with Crippen molar-refractivity contribution in [2.24, 2.45) is 0 Å². The molecular formula is C20H24N4OS. The molecule has 0 radical (unpaired) electrons. The van der Waals surface area contributed by atoms with Crippen LogP contribution in [-0.4, -0.2) is 32.5 Å². The van der Waals surface area contributed by atoms with Gasteiger partial charge in [0.2, 0.25) is 5.89 Å². The smallest absolute Gasteiger partial charge is 0.226 e. The van der Waals surface area contributed by atoms with E-state index in [1.54, 1.807) is 11.8 Å². The minimum Gasteiger partial charge on any atom is -0.441 e. The highest BCUT2D eigenvalue weighted by Gasteiger charge is 2.19. The van der Waals surface area contributed by atoms with E-state index in [9.17, 15) is 0 Å². The van der Waals surface area contributed by atoms with E-state index < -0.39 is 0 Å². The molecule has 0 amide bonds. The zero-order chi connectivity index (χ0) is 18.1. The second kappa shape index (κ2) is 7.29. The Hall–Kier alpha value is -2.05. The molecule has 4 rings (SSSR count). The summed E-state index contributed by atoms with van der Waals surface area (Å²) in [6.45, 7) is 7.82. The largest absolute Gasteiger partial charge is 0.441 e. The summed E-state index contributed by atoms with van der Waals surface area (Å²) in [6, 6.07) is 10.6. The van der Waals surface area contributed by atoms with Crippen LogP contribution in [-0.2, 0) is 19.6 Å². The van der Waals surface area contributed by atoms with E-state index in [4.69, 9.17) is 9.40 Å². The normalized spacial score (nSPS) is 15.0. The van der Waals surface area contributed by atoms with Crippen LogP contribution in [0.5, 0.6) is 0 Å². The summed E-state index contributed by atoms with van der Waals surface area (Å²) in [5.74, 6) is 1.61. The highest BCUT2D eigenvalue weighted by molar-refractivity contribution is 7.98. The Kier molecular flexibility index (Phi) is 4.87. The monoisotopic (exact) mass is 368 g/mol. The molecule has 0 saturated heterocycles. The number of aryl methyl sites for hydroxylation is 3. The fraction of sp³-hybridized carbons (Fsp3) is 0.400. The Balaban J connectivity index is 1.52. The standard InChI is InChI=1S/C20H24N4OS/c1-14-11-17-12-23(9-4-10-24(17)22-14)13-19-15(2)25-20(21-19)16-5-7-18(26-3)8-6-16/h5-8,11H,4,9-10,12-13H2,1-3H3. The SMILES string of the molecule is CSc1ccc(-c2nc(CN3CCCn4nc(C)cc4C3)c(C)o2)cc1. The maximum atomic E-state index is 5.96. The van der Waals surface area contributed by atoms with Crippen LogP contribution in [0.25, 0.3) is 11.5 Å². The van der Waals surface area contributed by atoms with Crippen LogP contribution in [0.4, 0.5) is 0 Å². The first-order valence-electron chi connectivity index (χ1n) is 8.99. The fourth-order valence-corrected chi connectivity index (χ4v) is 3.86. The molecule has 6 heteroatoms. The molecule has 2 aromatic heterocycles. The van der Waals surface area contributed by atoms with Gasteiger partial charge in [0, 0.05) is 36.6 Å². The quantitative estimate of drug-likeness (QED) is 0.643. The Morgan fingerprint density at radius 3 is 2.73 bits per heavy atom. The lowest BCUT2D eigenvalue weighted by atomic mass is 10.2. The van der Waals surface area contributed by atoms with E-state index in [0.717, 1.165) is 55.3 Å². The zero-order valence-electron chi connectivity index (χ0n) is 15.5. The molecule has 1 aliphatic heterocycles. The van der Waals surface area contributed by atoms with Crippen LogP contribution in [0.2, 0.25) is 0 Å². The number of rotatable bonds is 4. The van der Waals surface area contributed by atoms with Crippen LogP contribution in [0.15, 0.2) is 39.6 Å². The molecule has 5 nitrogen and oxygen atoms in total. The van der Waals surface area contributed by atoms with Gasteiger partial charge in [-0.2, -0.15) is 5.10 Å². The van der Waals surface area contributed by atoms with Crippen LogP contribution >= 0.6 is 11.8 Å². The van der Waals surface area contributed by atoms with E-state index in [0.29, 0.717) is 5.89 Å². The van der Waals surface area contributed by atoms with E-state index in [1.807, 2.05) is 6.92 Å². The molecule has 0 spiro atoms. The Morgan fingerprint density at radius 2 is 1.96 bits per heavy atom. The zero-order valence-corrected chi connectivity index (χ0v) is 16.3. The van der Waals surface area contributed by atoms with Gasteiger partial charge in [0.15, 0.2) is 0 Å². The van der Waals surface area contributed by atoms with Gasteiger partial charge in [0.1, 0.15) is 5.76 Å². The second-order valence-electron chi connectivity index (χ2n) is 6.81. The van der Waals surface area contributed by atoms with Gasteiger partial charge in [-0.25, -0.2) is 4.98 Å². The van der Waals surface area contributed by atoms with Crippen LogP contribution < -0.4 is 0 Å². The summed E-state index contributed by atoms with van der Waals surface area (Å²) in [5, 5.41) is 4.58. The Bertz CT molecular complexity index is 897. The number of thioether (sulfide) groups is 1. The van der Waals surface area contributed by atoms with E-state index in [1.165, 1.54) is 10.6 Å². The molecule has 0 fully saturated rings. The van der Waals surface area contributed by atoms with Crippen LogP contribution in [0.1, 0.15) is 29.3 Å². The molecule has 3 heterocycles. The lowest BCUT2D eigenvalue weighted by Gasteiger charge is -2.18. The summed E-state index contributed by atoms with van der Waals surface area (Å²) in [4.78, 5) is 8.46. The maximum Gasteiger partial charge on any atom is 0.226 e. The molecule has 136 valence electrons. The van der Waals surface area contributed by atoms with E-state index >= 15 is 0 Å². The summed E-state index contributed by atoms with van der Waals surface area (Å²) in [5.41, 5.74) is 4.44. The first kappa shape index (κ1) is 17.4. The summed E-state index contributed by atoms with van der Waals surface area (Å²) in [7, 11) is 0.